The van der Waals surface area contributed by atoms with E-state index in [-0.39, 0.29) is 0 Å². The van der Waals surface area contributed by atoms with Crippen molar-refractivity contribution < 1.29 is 13.2 Å². The highest BCUT2D eigenvalue weighted by molar-refractivity contribution is 9.10. The summed E-state index contributed by atoms with van der Waals surface area (Å²) in [4.78, 5) is 7.22. The summed E-state index contributed by atoms with van der Waals surface area (Å²) >= 11 is 8.52. The van der Waals surface area contributed by atoms with Gasteiger partial charge in [-0.1, -0.05) is 0 Å². The summed E-state index contributed by atoms with van der Waals surface area (Å²) in [5.74, 6) is 0. The van der Waals surface area contributed by atoms with Gasteiger partial charge in [0.2, 0.25) is 0 Å². The Hall–Kier alpha value is -1.67. The molecule has 1 N–H and O–H groups in total. The molecule has 3 rings (SSSR count). The first-order valence-corrected chi connectivity index (χ1v) is 7.00. The molecule has 0 bridgehead atoms. The molecule has 0 aliphatic carbocycles. The second-order valence-corrected chi connectivity index (χ2v) is 5.64. The molecular formula is C13H7BrF3N3S. The second-order valence-electron chi connectivity index (χ2n) is 4.33. The number of hydrogen-bond acceptors (Lipinski definition) is 2. The molecule has 0 amide bonds. The van der Waals surface area contributed by atoms with E-state index in [2.05, 4.69) is 25.9 Å². The fourth-order valence-corrected chi connectivity index (χ4v) is 2.64. The molecule has 0 unspecified atom stereocenters. The number of hydrogen-bond donors (Lipinski definition) is 1. The summed E-state index contributed by atoms with van der Waals surface area (Å²) < 4.78 is 40.5. The van der Waals surface area contributed by atoms with Gasteiger partial charge in [0.15, 0.2) is 10.4 Å². The Morgan fingerprint density at radius 2 is 1.86 bits per heavy atom. The van der Waals surface area contributed by atoms with Crippen molar-refractivity contribution in [3.63, 3.8) is 0 Å². The summed E-state index contributed by atoms with van der Waals surface area (Å²) in [6.45, 7) is 0. The van der Waals surface area contributed by atoms with E-state index in [1.807, 2.05) is 0 Å². The third-order valence-corrected chi connectivity index (χ3v) is 3.66. The van der Waals surface area contributed by atoms with Crippen molar-refractivity contribution in [3.8, 4) is 5.69 Å². The SMILES string of the molecule is FC(F)(F)c1ccc(-n2c(=S)[nH]c3cc(Br)cnc32)cc1. The predicted molar refractivity (Wildman–Crippen MR) is 79.0 cm³/mol. The van der Waals surface area contributed by atoms with Gasteiger partial charge >= 0.3 is 6.18 Å². The van der Waals surface area contributed by atoms with Crippen LogP contribution in [0.5, 0.6) is 0 Å². The van der Waals surface area contributed by atoms with Crippen molar-refractivity contribution in [1.82, 2.24) is 14.5 Å². The molecule has 0 spiro atoms. The van der Waals surface area contributed by atoms with Crippen LogP contribution in [0.25, 0.3) is 16.9 Å². The van der Waals surface area contributed by atoms with E-state index >= 15 is 0 Å². The molecule has 2 heterocycles. The maximum absolute atomic E-state index is 12.6. The molecule has 0 aliphatic heterocycles. The first kappa shape index (κ1) is 14.3. The fourth-order valence-electron chi connectivity index (χ4n) is 2.01. The first-order chi connectivity index (χ1) is 9.86. The molecular weight excluding hydrogens is 367 g/mol. The van der Waals surface area contributed by atoms with Crippen LogP contribution in [-0.4, -0.2) is 14.5 Å². The minimum Gasteiger partial charge on any atom is -0.329 e. The summed E-state index contributed by atoms with van der Waals surface area (Å²) in [5.41, 5.74) is 1.08. The van der Waals surface area contributed by atoms with Crippen LogP contribution in [0.15, 0.2) is 41.0 Å². The van der Waals surface area contributed by atoms with E-state index in [0.717, 1.165) is 16.6 Å². The molecule has 0 saturated carbocycles. The van der Waals surface area contributed by atoms with Gasteiger partial charge in [-0.15, -0.1) is 0 Å². The third-order valence-electron chi connectivity index (χ3n) is 2.94. The first-order valence-electron chi connectivity index (χ1n) is 5.80. The lowest BCUT2D eigenvalue weighted by molar-refractivity contribution is -0.137. The van der Waals surface area contributed by atoms with Gasteiger partial charge in [-0.3, -0.25) is 4.57 Å². The number of rotatable bonds is 1. The number of aromatic amines is 1. The van der Waals surface area contributed by atoms with Crippen LogP contribution >= 0.6 is 28.1 Å². The summed E-state index contributed by atoms with van der Waals surface area (Å²) in [6.07, 6.45) is -2.76. The Bertz CT molecular complexity index is 865. The Labute approximate surface area is 130 Å². The smallest absolute Gasteiger partial charge is 0.329 e. The van der Waals surface area contributed by atoms with Gasteiger partial charge in [-0.25, -0.2) is 4.98 Å². The van der Waals surface area contributed by atoms with Crippen molar-refractivity contribution in [2.45, 2.75) is 6.18 Å². The summed E-state index contributed by atoms with van der Waals surface area (Å²) in [5, 5.41) is 0. The van der Waals surface area contributed by atoms with Gasteiger partial charge in [0.05, 0.1) is 11.1 Å². The molecule has 0 atom stereocenters. The van der Waals surface area contributed by atoms with Gasteiger partial charge < -0.3 is 4.98 Å². The lowest BCUT2D eigenvalue weighted by atomic mass is 10.2. The topological polar surface area (TPSA) is 33.6 Å². The number of nitrogens with one attached hydrogen (secondary N) is 1. The lowest BCUT2D eigenvalue weighted by Gasteiger charge is -2.08. The normalized spacial score (nSPS) is 12.0. The number of aromatic nitrogens is 3. The molecule has 0 radical (unpaired) electrons. The Balaban J connectivity index is 2.17. The maximum atomic E-state index is 12.6. The zero-order valence-electron chi connectivity index (χ0n) is 10.3. The number of halogens is 4. The van der Waals surface area contributed by atoms with Crippen molar-refractivity contribution in [3.05, 3.63) is 51.3 Å². The van der Waals surface area contributed by atoms with E-state index in [1.165, 1.54) is 12.1 Å². The monoisotopic (exact) mass is 373 g/mol. The molecule has 0 fully saturated rings. The molecule has 0 aliphatic rings. The molecule has 108 valence electrons. The molecule has 3 aromatic rings. The average molecular weight is 374 g/mol. The van der Waals surface area contributed by atoms with E-state index in [9.17, 15) is 13.2 Å². The average Bonchev–Trinajstić information content (AvgIpc) is 2.73. The van der Waals surface area contributed by atoms with Crippen LogP contribution in [0.1, 0.15) is 5.56 Å². The lowest BCUT2D eigenvalue weighted by Crippen LogP contribution is -2.05. The number of H-pyrrole nitrogens is 1. The number of pyridine rings is 1. The zero-order chi connectivity index (χ0) is 15.2. The van der Waals surface area contributed by atoms with Crippen molar-refractivity contribution in [1.29, 1.82) is 0 Å². The minimum atomic E-state index is -4.36. The van der Waals surface area contributed by atoms with Crippen LogP contribution in [0, 0.1) is 4.77 Å². The number of benzene rings is 1. The Kier molecular flexibility index (Phi) is 3.37. The Morgan fingerprint density at radius 3 is 2.48 bits per heavy atom. The second kappa shape index (κ2) is 4.96. The molecule has 21 heavy (non-hydrogen) atoms. The molecule has 3 nitrogen and oxygen atoms in total. The highest BCUT2D eigenvalue weighted by Gasteiger charge is 2.30. The standard InChI is InChI=1S/C13H7BrF3N3S/c14-8-5-10-11(18-6-8)20(12(21)19-10)9-3-1-7(2-4-9)13(15,16)17/h1-6H,(H,19,21). The fraction of sp³-hybridized carbons (Fsp3) is 0.0769. The van der Waals surface area contributed by atoms with Gasteiger partial charge in [0.25, 0.3) is 0 Å². The summed E-state index contributed by atoms with van der Waals surface area (Å²) in [6, 6.07) is 6.59. The van der Waals surface area contributed by atoms with Crippen LogP contribution in [0.4, 0.5) is 13.2 Å². The number of alkyl halides is 3. The predicted octanol–water partition coefficient (Wildman–Crippen LogP) is 4.86. The number of fused-ring (bicyclic) bond motifs is 1. The highest BCUT2D eigenvalue weighted by atomic mass is 79.9. The number of imidazole rings is 1. The van der Waals surface area contributed by atoms with Crippen LogP contribution < -0.4 is 0 Å². The maximum Gasteiger partial charge on any atom is 0.416 e. The van der Waals surface area contributed by atoms with Gasteiger partial charge in [-0.05, 0) is 58.5 Å². The highest BCUT2D eigenvalue weighted by Crippen LogP contribution is 2.30. The number of nitrogens with zero attached hydrogens (tertiary/aromatic N) is 2. The van der Waals surface area contributed by atoms with Crippen LogP contribution in [0.2, 0.25) is 0 Å². The largest absolute Gasteiger partial charge is 0.416 e. The van der Waals surface area contributed by atoms with Crippen LogP contribution in [0.3, 0.4) is 0 Å². The van der Waals surface area contributed by atoms with Crippen molar-refractivity contribution in [2.24, 2.45) is 0 Å². The quantitative estimate of drug-likeness (QED) is 0.617. The van der Waals surface area contributed by atoms with E-state index in [1.54, 1.807) is 16.8 Å². The Morgan fingerprint density at radius 1 is 1.19 bits per heavy atom. The minimum absolute atomic E-state index is 0.371. The van der Waals surface area contributed by atoms with Crippen molar-refractivity contribution >= 4 is 39.3 Å². The van der Waals surface area contributed by atoms with Gasteiger partial charge in [-0.2, -0.15) is 13.2 Å². The van der Waals surface area contributed by atoms with Gasteiger partial charge in [0, 0.05) is 16.4 Å². The van der Waals surface area contributed by atoms with E-state index in [0.29, 0.717) is 21.6 Å². The van der Waals surface area contributed by atoms with Gasteiger partial charge in [0.1, 0.15) is 0 Å². The molecule has 0 saturated heterocycles. The summed E-state index contributed by atoms with van der Waals surface area (Å²) in [7, 11) is 0. The molecule has 8 heteroatoms. The van der Waals surface area contributed by atoms with Crippen LogP contribution in [-0.2, 0) is 6.18 Å². The zero-order valence-corrected chi connectivity index (χ0v) is 12.7. The molecule has 1 aromatic carbocycles. The van der Waals surface area contributed by atoms with E-state index < -0.39 is 11.7 Å². The van der Waals surface area contributed by atoms with Crippen molar-refractivity contribution in [2.75, 3.05) is 0 Å². The van der Waals surface area contributed by atoms with E-state index in [4.69, 9.17) is 12.2 Å². The third kappa shape index (κ3) is 2.60. The molecule has 2 aromatic heterocycles.